The standard InChI is InChI=1S/C14H21N3O3/c1-3-17(4-2)10-9-15-14(20)16-12-7-5-11(6-8-12)13(18)19/h5-8H,3-4,9-10H2,1-2H3,(H,18,19)(H2,15,16,20). The summed E-state index contributed by atoms with van der Waals surface area (Å²) in [6.45, 7) is 7.44. The maximum atomic E-state index is 11.6. The molecule has 1 aromatic carbocycles. The van der Waals surface area contributed by atoms with Crippen molar-refractivity contribution < 1.29 is 14.7 Å². The van der Waals surface area contributed by atoms with Gasteiger partial charge in [0.2, 0.25) is 0 Å². The summed E-state index contributed by atoms with van der Waals surface area (Å²) in [7, 11) is 0. The highest BCUT2D eigenvalue weighted by Gasteiger charge is 2.05. The second-order valence-corrected chi connectivity index (χ2v) is 4.29. The van der Waals surface area contributed by atoms with Gasteiger partial charge in [0.25, 0.3) is 0 Å². The molecule has 6 heteroatoms. The molecule has 1 rings (SSSR count). The maximum Gasteiger partial charge on any atom is 0.335 e. The third kappa shape index (κ3) is 5.27. The minimum absolute atomic E-state index is 0.192. The summed E-state index contributed by atoms with van der Waals surface area (Å²) in [5.74, 6) is -0.986. The fraction of sp³-hybridized carbons (Fsp3) is 0.429. The number of urea groups is 1. The topological polar surface area (TPSA) is 81.7 Å². The smallest absolute Gasteiger partial charge is 0.335 e. The molecule has 0 atom stereocenters. The molecule has 1 aromatic rings. The molecular formula is C14H21N3O3. The van der Waals surface area contributed by atoms with Gasteiger partial charge >= 0.3 is 12.0 Å². The van der Waals surface area contributed by atoms with Gasteiger partial charge in [-0.2, -0.15) is 0 Å². The van der Waals surface area contributed by atoms with Crippen LogP contribution in [0.2, 0.25) is 0 Å². The predicted octanol–water partition coefficient (Wildman–Crippen LogP) is 1.85. The highest BCUT2D eigenvalue weighted by Crippen LogP contribution is 2.09. The van der Waals surface area contributed by atoms with E-state index in [0.29, 0.717) is 12.2 Å². The minimum Gasteiger partial charge on any atom is -0.478 e. The molecule has 2 amide bonds. The number of nitrogens with zero attached hydrogens (tertiary/aromatic N) is 1. The van der Waals surface area contributed by atoms with Crippen molar-refractivity contribution in [2.75, 3.05) is 31.5 Å². The Labute approximate surface area is 118 Å². The Morgan fingerprint density at radius 2 is 1.75 bits per heavy atom. The van der Waals surface area contributed by atoms with E-state index in [0.717, 1.165) is 19.6 Å². The zero-order chi connectivity index (χ0) is 15.0. The maximum absolute atomic E-state index is 11.6. The molecule has 0 radical (unpaired) electrons. The highest BCUT2D eigenvalue weighted by atomic mass is 16.4. The zero-order valence-electron chi connectivity index (χ0n) is 11.8. The summed E-state index contributed by atoms with van der Waals surface area (Å²) in [5.41, 5.74) is 0.757. The summed E-state index contributed by atoms with van der Waals surface area (Å²) in [6, 6.07) is 5.74. The molecular weight excluding hydrogens is 258 g/mol. The van der Waals surface area contributed by atoms with E-state index in [1.165, 1.54) is 12.1 Å². The largest absolute Gasteiger partial charge is 0.478 e. The van der Waals surface area contributed by atoms with E-state index >= 15 is 0 Å². The highest BCUT2D eigenvalue weighted by molar-refractivity contribution is 5.91. The van der Waals surface area contributed by atoms with Gasteiger partial charge in [-0.3, -0.25) is 0 Å². The summed E-state index contributed by atoms with van der Waals surface area (Å²) < 4.78 is 0. The predicted molar refractivity (Wildman–Crippen MR) is 78.2 cm³/mol. The van der Waals surface area contributed by atoms with Crippen molar-refractivity contribution in [2.24, 2.45) is 0 Å². The molecule has 0 fully saturated rings. The Morgan fingerprint density at radius 3 is 2.25 bits per heavy atom. The van der Waals surface area contributed by atoms with Gasteiger partial charge in [0.05, 0.1) is 5.56 Å². The van der Waals surface area contributed by atoms with E-state index in [1.807, 2.05) is 0 Å². The molecule has 20 heavy (non-hydrogen) atoms. The number of carboxylic acid groups (broad SMARTS) is 1. The number of rotatable bonds is 7. The molecule has 0 aliphatic rings. The van der Waals surface area contributed by atoms with Crippen LogP contribution >= 0.6 is 0 Å². The first kappa shape index (κ1) is 16.0. The lowest BCUT2D eigenvalue weighted by atomic mass is 10.2. The van der Waals surface area contributed by atoms with Crippen molar-refractivity contribution in [2.45, 2.75) is 13.8 Å². The first-order valence-corrected chi connectivity index (χ1v) is 6.67. The van der Waals surface area contributed by atoms with Gasteiger partial charge in [0.15, 0.2) is 0 Å². The van der Waals surface area contributed by atoms with E-state index < -0.39 is 5.97 Å². The van der Waals surface area contributed by atoms with Crippen LogP contribution in [0.5, 0.6) is 0 Å². The van der Waals surface area contributed by atoms with Crippen LogP contribution in [0.15, 0.2) is 24.3 Å². The second kappa shape index (κ2) is 8.16. The first-order valence-electron chi connectivity index (χ1n) is 6.67. The number of aromatic carboxylic acids is 1. The number of benzene rings is 1. The molecule has 0 aliphatic carbocycles. The Hall–Kier alpha value is -2.08. The fourth-order valence-corrected chi connectivity index (χ4v) is 1.74. The number of anilines is 1. The molecule has 0 unspecified atom stereocenters. The molecule has 0 aromatic heterocycles. The number of carbonyl (C=O) groups excluding carboxylic acids is 1. The van der Waals surface area contributed by atoms with Crippen LogP contribution in [0, 0.1) is 0 Å². The summed E-state index contributed by atoms with van der Waals surface area (Å²) in [6.07, 6.45) is 0. The van der Waals surface area contributed by atoms with E-state index in [4.69, 9.17) is 5.11 Å². The third-order valence-electron chi connectivity index (χ3n) is 3.00. The molecule has 0 spiro atoms. The summed E-state index contributed by atoms with van der Waals surface area (Å²) in [4.78, 5) is 24.5. The summed E-state index contributed by atoms with van der Waals surface area (Å²) in [5, 5.41) is 14.2. The molecule has 0 saturated carbocycles. The van der Waals surface area contributed by atoms with Crippen LogP contribution < -0.4 is 10.6 Å². The van der Waals surface area contributed by atoms with Crippen LogP contribution in [0.3, 0.4) is 0 Å². The van der Waals surface area contributed by atoms with E-state index in [9.17, 15) is 9.59 Å². The van der Waals surface area contributed by atoms with Crippen LogP contribution in [-0.2, 0) is 0 Å². The molecule has 0 aliphatic heterocycles. The van der Waals surface area contributed by atoms with Gasteiger partial charge in [-0.25, -0.2) is 9.59 Å². The van der Waals surface area contributed by atoms with Crippen molar-refractivity contribution in [3.05, 3.63) is 29.8 Å². The Balaban J connectivity index is 2.37. The van der Waals surface area contributed by atoms with Crippen LogP contribution in [0.25, 0.3) is 0 Å². The van der Waals surface area contributed by atoms with Gasteiger partial charge in [-0.15, -0.1) is 0 Å². The van der Waals surface area contributed by atoms with Gasteiger partial charge in [0, 0.05) is 18.8 Å². The van der Waals surface area contributed by atoms with Crippen molar-refractivity contribution in [1.29, 1.82) is 0 Å². The number of amides is 2. The number of hydrogen-bond acceptors (Lipinski definition) is 3. The van der Waals surface area contributed by atoms with Crippen molar-refractivity contribution in [3.63, 3.8) is 0 Å². The molecule has 0 heterocycles. The van der Waals surface area contributed by atoms with Crippen molar-refractivity contribution in [3.8, 4) is 0 Å². The van der Waals surface area contributed by atoms with Crippen molar-refractivity contribution in [1.82, 2.24) is 10.2 Å². The minimum atomic E-state index is -0.986. The van der Waals surface area contributed by atoms with Crippen LogP contribution in [-0.4, -0.2) is 48.2 Å². The first-order chi connectivity index (χ1) is 9.56. The molecule has 110 valence electrons. The number of nitrogens with one attached hydrogen (secondary N) is 2. The quantitative estimate of drug-likeness (QED) is 0.711. The number of carbonyl (C=O) groups is 2. The Morgan fingerprint density at radius 1 is 1.15 bits per heavy atom. The van der Waals surface area contributed by atoms with E-state index in [1.54, 1.807) is 12.1 Å². The SMILES string of the molecule is CCN(CC)CCNC(=O)Nc1ccc(C(=O)O)cc1. The molecule has 0 bridgehead atoms. The zero-order valence-corrected chi connectivity index (χ0v) is 11.8. The Bertz CT molecular complexity index is 441. The fourth-order valence-electron chi connectivity index (χ4n) is 1.74. The monoisotopic (exact) mass is 279 g/mol. The van der Waals surface area contributed by atoms with Crippen LogP contribution in [0.1, 0.15) is 24.2 Å². The second-order valence-electron chi connectivity index (χ2n) is 4.29. The normalized spacial score (nSPS) is 10.3. The lowest BCUT2D eigenvalue weighted by Crippen LogP contribution is -2.36. The average molecular weight is 279 g/mol. The van der Waals surface area contributed by atoms with Gasteiger partial charge in [-0.05, 0) is 37.4 Å². The van der Waals surface area contributed by atoms with Gasteiger partial charge in [0.1, 0.15) is 0 Å². The molecule has 3 N–H and O–H groups in total. The third-order valence-corrected chi connectivity index (χ3v) is 3.00. The van der Waals surface area contributed by atoms with Gasteiger partial charge in [-0.1, -0.05) is 13.8 Å². The van der Waals surface area contributed by atoms with E-state index in [2.05, 4.69) is 29.4 Å². The number of carboxylic acids is 1. The Kier molecular flexibility index (Phi) is 6.52. The summed E-state index contributed by atoms with van der Waals surface area (Å²) >= 11 is 0. The van der Waals surface area contributed by atoms with Crippen molar-refractivity contribution >= 4 is 17.7 Å². The van der Waals surface area contributed by atoms with Crippen LogP contribution in [0.4, 0.5) is 10.5 Å². The number of hydrogen-bond donors (Lipinski definition) is 3. The lowest BCUT2D eigenvalue weighted by Gasteiger charge is -2.18. The number of likely N-dealkylation sites (N-methyl/N-ethyl adjacent to an activating group) is 1. The van der Waals surface area contributed by atoms with Gasteiger partial charge < -0.3 is 20.6 Å². The lowest BCUT2D eigenvalue weighted by molar-refractivity contribution is 0.0697. The molecule has 6 nitrogen and oxygen atoms in total. The average Bonchev–Trinajstić information content (AvgIpc) is 2.44. The van der Waals surface area contributed by atoms with E-state index in [-0.39, 0.29) is 11.6 Å². The molecule has 0 saturated heterocycles.